The Hall–Kier alpha value is -2.10. The van der Waals surface area contributed by atoms with Crippen molar-refractivity contribution in [3.63, 3.8) is 0 Å². The topological polar surface area (TPSA) is 66.5 Å². The van der Waals surface area contributed by atoms with Crippen molar-refractivity contribution in [3.05, 3.63) is 64.7 Å². The maximum atomic E-state index is 12.7. The highest BCUT2D eigenvalue weighted by molar-refractivity contribution is 7.88. The van der Waals surface area contributed by atoms with Crippen LogP contribution < -0.4 is 5.32 Å². The first-order valence-corrected chi connectivity index (χ1v) is 11.2. The van der Waals surface area contributed by atoms with Crippen LogP contribution in [0.15, 0.2) is 48.5 Å². The standard InChI is InChI=1S/C20H20ClF3N2O3S/c21-18-4-2-1-3-15(18)13-30(28,29)26-11-9-14(10-12-26)19(27)25-17-7-5-16(6-8-17)20(22,23)24/h1-8,14H,9-13H2,(H,25,27). The molecule has 3 rings (SSSR count). The van der Waals surface area contributed by atoms with Gasteiger partial charge in [0.05, 0.1) is 11.3 Å². The Morgan fingerprint density at radius 3 is 2.23 bits per heavy atom. The molecule has 1 aliphatic heterocycles. The second kappa shape index (κ2) is 8.95. The number of hydrogen-bond acceptors (Lipinski definition) is 3. The molecule has 0 unspecified atom stereocenters. The summed E-state index contributed by atoms with van der Waals surface area (Å²) in [6.07, 6.45) is -3.78. The number of anilines is 1. The van der Waals surface area contributed by atoms with Crippen LogP contribution in [0.25, 0.3) is 0 Å². The molecule has 2 aromatic carbocycles. The van der Waals surface area contributed by atoms with Gasteiger partial charge in [-0.15, -0.1) is 0 Å². The highest BCUT2D eigenvalue weighted by Crippen LogP contribution is 2.30. The number of carbonyl (C=O) groups excluding carboxylic acids is 1. The van der Waals surface area contributed by atoms with E-state index < -0.39 is 27.7 Å². The number of sulfonamides is 1. The van der Waals surface area contributed by atoms with Gasteiger partial charge in [0.2, 0.25) is 15.9 Å². The van der Waals surface area contributed by atoms with Gasteiger partial charge in [-0.2, -0.15) is 13.2 Å². The number of carbonyl (C=O) groups is 1. The summed E-state index contributed by atoms with van der Waals surface area (Å²) in [5, 5.41) is 2.98. The van der Waals surface area contributed by atoms with Crippen molar-refractivity contribution in [1.29, 1.82) is 0 Å². The van der Waals surface area contributed by atoms with Gasteiger partial charge >= 0.3 is 6.18 Å². The summed E-state index contributed by atoms with van der Waals surface area (Å²) in [6.45, 7) is 0.385. The molecule has 0 saturated carbocycles. The molecule has 10 heteroatoms. The molecule has 5 nitrogen and oxygen atoms in total. The molecule has 1 heterocycles. The van der Waals surface area contributed by atoms with Crippen LogP contribution in [-0.4, -0.2) is 31.7 Å². The summed E-state index contributed by atoms with van der Waals surface area (Å²) < 4.78 is 64.5. The Morgan fingerprint density at radius 2 is 1.67 bits per heavy atom. The van der Waals surface area contributed by atoms with Gasteiger partial charge in [0.15, 0.2) is 0 Å². The Balaban J connectivity index is 1.56. The third-order valence-corrected chi connectivity index (χ3v) is 7.19. The molecule has 0 radical (unpaired) electrons. The Kier molecular flexibility index (Phi) is 6.74. The second-order valence-electron chi connectivity index (χ2n) is 7.09. The predicted octanol–water partition coefficient (Wildman–Crippen LogP) is 4.54. The third-order valence-electron chi connectivity index (χ3n) is 4.99. The van der Waals surface area contributed by atoms with E-state index >= 15 is 0 Å². The lowest BCUT2D eigenvalue weighted by molar-refractivity contribution is -0.137. The van der Waals surface area contributed by atoms with Gasteiger partial charge < -0.3 is 5.32 Å². The van der Waals surface area contributed by atoms with Crippen LogP contribution in [0, 0.1) is 5.92 Å². The van der Waals surface area contributed by atoms with Crippen LogP contribution in [0.1, 0.15) is 24.0 Å². The fourth-order valence-electron chi connectivity index (χ4n) is 3.29. The van der Waals surface area contributed by atoms with Gasteiger partial charge in [0, 0.05) is 29.7 Å². The molecule has 1 aliphatic rings. The summed E-state index contributed by atoms with van der Waals surface area (Å²) in [4.78, 5) is 12.4. The number of hydrogen-bond donors (Lipinski definition) is 1. The van der Waals surface area contributed by atoms with Crippen molar-refractivity contribution >= 4 is 33.2 Å². The van der Waals surface area contributed by atoms with Crippen LogP contribution in [0.3, 0.4) is 0 Å². The zero-order valence-electron chi connectivity index (χ0n) is 15.8. The van der Waals surface area contributed by atoms with Crippen LogP contribution in [0.2, 0.25) is 5.02 Å². The quantitative estimate of drug-likeness (QED) is 0.712. The van der Waals surface area contributed by atoms with Crippen LogP contribution in [-0.2, 0) is 26.7 Å². The van der Waals surface area contributed by atoms with E-state index in [4.69, 9.17) is 11.6 Å². The molecular weight excluding hydrogens is 441 g/mol. The summed E-state index contributed by atoms with van der Waals surface area (Å²) >= 11 is 6.05. The monoisotopic (exact) mass is 460 g/mol. The van der Waals surface area contributed by atoms with Crippen LogP contribution in [0.5, 0.6) is 0 Å². The number of rotatable bonds is 5. The third kappa shape index (κ3) is 5.53. The minimum absolute atomic E-state index is 0.192. The summed E-state index contributed by atoms with van der Waals surface area (Å²) in [5.41, 5.74) is -0.0133. The molecule has 0 bridgehead atoms. The molecule has 0 aromatic heterocycles. The molecule has 30 heavy (non-hydrogen) atoms. The molecule has 0 aliphatic carbocycles. The molecule has 1 amide bonds. The number of benzene rings is 2. The number of alkyl halides is 3. The minimum Gasteiger partial charge on any atom is -0.326 e. The highest BCUT2D eigenvalue weighted by Gasteiger charge is 2.32. The summed E-state index contributed by atoms with van der Waals surface area (Å²) in [7, 11) is -3.58. The Labute approximate surface area is 177 Å². The normalized spacial score (nSPS) is 16.4. The number of halogens is 4. The van der Waals surface area contributed by atoms with E-state index in [0.717, 1.165) is 12.1 Å². The first kappa shape index (κ1) is 22.6. The van der Waals surface area contributed by atoms with E-state index in [0.29, 0.717) is 23.4 Å². The first-order valence-electron chi connectivity index (χ1n) is 9.25. The molecule has 1 fully saturated rings. The van der Waals surface area contributed by atoms with E-state index in [1.54, 1.807) is 24.3 Å². The van der Waals surface area contributed by atoms with Gasteiger partial charge in [0.1, 0.15) is 0 Å². The average molecular weight is 461 g/mol. The van der Waals surface area contributed by atoms with Crippen molar-refractivity contribution < 1.29 is 26.4 Å². The lowest BCUT2D eigenvalue weighted by atomic mass is 9.97. The number of nitrogens with one attached hydrogen (secondary N) is 1. The van der Waals surface area contributed by atoms with E-state index in [1.165, 1.54) is 16.4 Å². The summed E-state index contributed by atoms with van der Waals surface area (Å²) in [6, 6.07) is 10.9. The lowest BCUT2D eigenvalue weighted by Gasteiger charge is -2.30. The smallest absolute Gasteiger partial charge is 0.326 e. The van der Waals surface area contributed by atoms with Crippen molar-refractivity contribution in [3.8, 4) is 0 Å². The number of piperidine rings is 1. The van der Waals surface area contributed by atoms with Gasteiger partial charge in [-0.05, 0) is 48.7 Å². The van der Waals surface area contributed by atoms with Gasteiger partial charge in [-0.3, -0.25) is 4.79 Å². The van der Waals surface area contributed by atoms with Gasteiger partial charge in [-0.25, -0.2) is 12.7 Å². The Morgan fingerprint density at radius 1 is 1.07 bits per heavy atom. The van der Waals surface area contributed by atoms with E-state index in [1.807, 2.05) is 0 Å². The molecule has 162 valence electrons. The Bertz CT molecular complexity index is 1000. The highest BCUT2D eigenvalue weighted by atomic mass is 35.5. The fourth-order valence-corrected chi connectivity index (χ4v) is 5.16. The number of amides is 1. The lowest BCUT2D eigenvalue weighted by Crippen LogP contribution is -2.41. The summed E-state index contributed by atoms with van der Waals surface area (Å²) in [5.74, 6) is -0.966. The first-order chi connectivity index (χ1) is 14.1. The molecule has 1 saturated heterocycles. The number of nitrogens with zero attached hydrogens (tertiary/aromatic N) is 1. The van der Waals surface area contributed by atoms with Crippen molar-refractivity contribution in [2.24, 2.45) is 5.92 Å². The maximum absolute atomic E-state index is 12.7. The average Bonchev–Trinajstić information content (AvgIpc) is 2.69. The van der Waals surface area contributed by atoms with Crippen LogP contribution >= 0.6 is 11.6 Å². The SMILES string of the molecule is O=C(Nc1ccc(C(F)(F)F)cc1)C1CCN(S(=O)(=O)Cc2ccccc2Cl)CC1. The predicted molar refractivity (Wildman–Crippen MR) is 108 cm³/mol. The van der Waals surface area contributed by atoms with Gasteiger partial charge in [-0.1, -0.05) is 29.8 Å². The van der Waals surface area contributed by atoms with Crippen LogP contribution in [0.4, 0.5) is 18.9 Å². The van der Waals surface area contributed by atoms with Crippen molar-refractivity contribution in [2.45, 2.75) is 24.8 Å². The minimum atomic E-state index is -4.44. The second-order valence-corrected chi connectivity index (χ2v) is 9.46. The van der Waals surface area contributed by atoms with E-state index in [9.17, 15) is 26.4 Å². The zero-order valence-corrected chi connectivity index (χ0v) is 17.4. The van der Waals surface area contributed by atoms with E-state index in [2.05, 4.69) is 5.32 Å². The molecule has 0 atom stereocenters. The van der Waals surface area contributed by atoms with E-state index in [-0.39, 0.29) is 30.4 Å². The molecule has 0 spiro atoms. The molecular formula is C20H20ClF3N2O3S. The van der Waals surface area contributed by atoms with Gasteiger partial charge in [0.25, 0.3) is 0 Å². The molecule has 1 N–H and O–H groups in total. The fraction of sp³-hybridized carbons (Fsp3) is 0.350. The maximum Gasteiger partial charge on any atom is 0.416 e. The van der Waals surface area contributed by atoms with Crippen molar-refractivity contribution in [2.75, 3.05) is 18.4 Å². The molecule has 2 aromatic rings. The van der Waals surface area contributed by atoms with Crippen molar-refractivity contribution in [1.82, 2.24) is 4.31 Å². The zero-order chi connectivity index (χ0) is 21.9. The largest absolute Gasteiger partial charge is 0.416 e.